The molecule has 3 aromatic heterocycles. The van der Waals surface area contributed by atoms with Gasteiger partial charge in [-0.1, -0.05) is 49.4 Å². The lowest BCUT2D eigenvalue weighted by Gasteiger charge is -2.15. The monoisotopic (exact) mass is 535 g/mol. The molecule has 0 unspecified atom stereocenters. The van der Waals surface area contributed by atoms with Crippen molar-refractivity contribution in [2.45, 2.75) is 20.3 Å². The van der Waals surface area contributed by atoms with Crippen LogP contribution in [-0.4, -0.2) is 31.8 Å². The second-order valence-electron chi connectivity index (χ2n) is 9.19. The van der Waals surface area contributed by atoms with Gasteiger partial charge >= 0.3 is 0 Å². The zero-order chi connectivity index (χ0) is 28.8. The van der Waals surface area contributed by atoms with Gasteiger partial charge in [-0.3, -0.25) is 23.8 Å². The van der Waals surface area contributed by atoms with Crippen molar-refractivity contribution in [2.24, 2.45) is 12.8 Å². The van der Waals surface area contributed by atoms with E-state index in [1.165, 1.54) is 4.68 Å². The molecule has 1 amide bonds. The number of hydrogen-bond donors (Lipinski definition) is 3. The fraction of sp³-hybridized carbons (Fsp3) is 0.161. The van der Waals surface area contributed by atoms with Gasteiger partial charge in [-0.05, 0) is 60.2 Å². The first-order valence-corrected chi connectivity index (χ1v) is 12.9. The van der Waals surface area contributed by atoms with E-state index in [1.807, 2.05) is 72.2 Å². The summed E-state index contributed by atoms with van der Waals surface area (Å²) in [5, 5.41) is 8.54. The van der Waals surface area contributed by atoms with Crippen LogP contribution in [0.25, 0.3) is 27.6 Å². The highest BCUT2D eigenvalue weighted by molar-refractivity contribution is 6.02. The number of nitrogens with one attached hydrogen (secondary N) is 1. The highest BCUT2D eigenvalue weighted by atomic mass is 16.1. The van der Waals surface area contributed by atoms with Gasteiger partial charge in [-0.25, -0.2) is 0 Å². The number of anilines is 2. The molecule has 5 aromatic rings. The maximum absolute atomic E-state index is 13.5. The molecule has 5 N–H and O–H groups in total. The van der Waals surface area contributed by atoms with Crippen molar-refractivity contribution in [1.82, 2.24) is 19.3 Å². The molecule has 5 rings (SSSR count). The minimum Gasteiger partial charge on any atom is -0.381 e. The van der Waals surface area contributed by atoms with E-state index in [1.54, 1.807) is 19.3 Å². The van der Waals surface area contributed by atoms with Gasteiger partial charge in [0.25, 0.3) is 11.5 Å². The molecule has 0 saturated carbocycles. The Morgan fingerprint density at radius 1 is 1.10 bits per heavy atom. The topological polar surface area (TPSA) is 134 Å². The van der Waals surface area contributed by atoms with Crippen molar-refractivity contribution in [2.75, 3.05) is 17.6 Å². The maximum atomic E-state index is 13.5. The lowest BCUT2D eigenvalue weighted by molar-refractivity contribution is 0.100. The Hall–Kier alpha value is -5.18. The van der Waals surface area contributed by atoms with Crippen LogP contribution >= 0.6 is 0 Å². The number of benzene rings is 2. The van der Waals surface area contributed by atoms with E-state index in [-0.39, 0.29) is 16.9 Å². The van der Waals surface area contributed by atoms with Gasteiger partial charge in [0.1, 0.15) is 11.4 Å². The molecular formula is C31H33N7O2. The van der Waals surface area contributed by atoms with Crippen molar-refractivity contribution in [3.05, 3.63) is 113 Å². The summed E-state index contributed by atoms with van der Waals surface area (Å²) in [6, 6.07) is 22.0. The number of fused-ring (bicyclic) bond motifs is 1. The van der Waals surface area contributed by atoms with Crippen LogP contribution in [0, 0.1) is 6.92 Å². The number of carbonyl (C=O) groups excluding carboxylic acids is 1. The van der Waals surface area contributed by atoms with E-state index in [4.69, 9.17) is 11.5 Å². The fourth-order valence-electron chi connectivity index (χ4n) is 4.65. The maximum Gasteiger partial charge on any atom is 0.263 e. The summed E-state index contributed by atoms with van der Waals surface area (Å²) in [6.07, 6.45) is 4.24. The number of primary amides is 1. The van der Waals surface area contributed by atoms with E-state index < -0.39 is 5.91 Å². The molecule has 0 atom stereocenters. The highest BCUT2D eigenvalue weighted by Gasteiger charge is 2.18. The molecule has 9 heteroatoms. The van der Waals surface area contributed by atoms with Gasteiger partial charge in [0.05, 0.1) is 5.39 Å². The molecule has 0 radical (unpaired) electrons. The van der Waals surface area contributed by atoms with Gasteiger partial charge in [-0.15, -0.1) is 6.58 Å². The van der Waals surface area contributed by atoms with E-state index in [9.17, 15) is 9.59 Å². The Morgan fingerprint density at radius 3 is 2.50 bits per heavy atom. The summed E-state index contributed by atoms with van der Waals surface area (Å²) in [5.41, 5.74) is 15.7. The predicted molar refractivity (Wildman–Crippen MR) is 162 cm³/mol. The van der Waals surface area contributed by atoms with Crippen LogP contribution in [-0.2, 0) is 13.5 Å². The van der Waals surface area contributed by atoms with Gasteiger partial charge in [0, 0.05) is 36.9 Å². The quantitative estimate of drug-likeness (QED) is 0.260. The molecule has 0 aliphatic carbocycles. The number of aryl methyl sites for hydroxylation is 3. The van der Waals surface area contributed by atoms with Gasteiger partial charge in [-0.2, -0.15) is 5.10 Å². The van der Waals surface area contributed by atoms with Crippen LogP contribution in [0.1, 0.15) is 28.7 Å². The largest absolute Gasteiger partial charge is 0.381 e. The number of para-hydroxylation sites is 1. The van der Waals surface area contributed by atoms with Crippen molar-refractivity contribution in [3.8, 4) is 16.8 Å². The van der Waals surface area contributed by atoms with E-state index in [2.05, 4.69) is 35.0 Å². The highest BCUT2D eigenvalue weighted by Crippen LogP contribution is 2.28. The van der Waals surface area contributed by atoms with Crippen molar-refractivity contribution >= 4 is 28.3 Å². The minimum atomic E-state index is -0.595. The number of pyridine rings is 2. The van der Waals surface area contributed by atoms with Crippen molar-refractivity contribution < 1.29 is 4.79 Å². The Labute approximate surface area is 232 Å². The molecule has 0 aliphatic rings. The number of aromatic nitrogens is 4. The van der Waals surface area contributed by atoms with Crippen LogP contribution in [0.5, 0.6) is 0 Å². The number of amides is 1. The zero-order valence-corrected chi connectivity index (χ0v) is 22.9. The summed E-state index contributed by atoms with van der Waals surface area (Å²) >= 11 is 0. The van der Waals surface area contributed by atoms with E-state index in [0.717, 1.165) is 45.4 Å². The summed E-state index contributed by atoms with van der Waals surface area (Å²) < 4.78 is 3.30. The lowest BCUT2D eigenvalue weighted by atomic mass is 9.98. The molecule has 3 heterocycles. The second-order valence-corrected chi connectivity index (χ2v) is 9.19. The van der Waals surface area contributed by atoms with Gasteiger partial charge in [0.15, 0.2) is 5.82 Å². The summed E-state index contributed by atoms with van der Waals surface area (Å²) in [4.78, 5) is 28.9. The first kappa shape index (κ1) is 27.8. The SMILES string of the molecule is C=CCNc1c(C(N)=O)c(N)nn1C.CCc1cc2cccc(-c3ccnc(C)c3)c2c(=O)n1-c1ccccc1. The first-order chi connectivity index (χ1) is 19.3. The molecule has 204 valence electrons. The minimum absolute atomic E-state index is 0.0237. The first-order valence-electron chi connectivity index (χ1n) is 12.9. The van der Waals surface area contributed by atoms with Crippen molar-refractivity contribution in [3.63, 3.8) is 0 Å². The van der Waals surface area contributed by atoms with Crippen LogP contribution in [0.3, 0.4) is 0 Å². The van der Waals surface area contributed by atoms with Crippen LogP contribution < -0.4 is 22.3 Å². The van der Waals surface area contributed by atoms with Crippen LogP contribution in [0.4, 0.5) is 11.6 Å². The summed E-state index contributed by atoms with van der Waals surface area (Å²) in [7, 11) is 1.67. The summed E-state index contributed by atoms with van der Waals surface area (Å²) in [5.74, 6) is 0.0450. The standard InChI is InChI=1S/C23H20N2O.C8H13N5O/c1-3-19-15-18-8-7-11-21(17-12-13-24-16(2)14-17)22(18)23(26)25(19)20-9-5-4-6-10-20;1-3-4-11-8-5(7(10)14)6(9)12-13(8)2/h4-15H,3H2,1-2H3;3,11H,1,4H2,2H3,(H2,9,12)(H2,10,14). The number of nitrogen functional groups attached to an aromatic ring is 1. The Kier molecular flexibility index (Phi) is 8.44. The second kappa shape index (κ2) is 12.1. The molecule has 0 spiro atoms. The van der Waals surface area contributed by atoms with Gasteiger partial charge in [0.2, 0.25) is 0 Å². The average Bonchev–Trinajstić information content (AvgIpc) is 3.24. The predicted octanol–water partition coefficient (Wildman–Crippen LogP) is 4.62. The number of carbonyl (C=O) groups is 1. The molecule has 2 aromatic carbocycles. The number of rotatable bonds is 7. The third-order valence-corrected chi connectivity index (χ3v) is 6.44. The Bertz CT molecular complexity index is 1740. The summed E-state index contributed by atoms with van der Waals surface area (Å²) in [6.45, 7) is 8.10. The number of nitrogens with two attached hydrogens (primary N) is 2. The van der Waals surface area contributed by atoms with E-state index in [0.29, 0.717) is 12.4 Å². The van der Waals surface area contributed by atoms with E-state index >= 15 is 0 Å². The third kappa shape index (κ3) is 5.63. The molecular weight excluding hydrogens is 502 g/mol. The molecule has 0 fully saturated rings. The van der Waals surface area contributed by atoms with Gasteiger partial charge < -0.3 is 16.8 Å². The Morgan fingerprint density at radius 2 is 1.85 bits per heavy atom. The molecule has 9 nitrogen and oxygen atoms in total. The molecule has 0 saturated heterocycles. The molecule has 0 aliphatic heterocycles. The molecule has 0 bridgehead atoms. The Balaban J connectivity index is 0.000000224. The third-order valence-electron chi connectivity index (χ3n) is 6.44. The zero-order valence-electron chi connectivity index (χ0n) is 22.9. The fourth-order valence-corrected chi connectivity index (χ4v) is 4.65. The number of hydrogen-bond acceptors (Lipinski definition) is 6. The average molecular weight is 536 g/mol. The van der Waals surface area contributed by atoms with Crippen molar-refractivity contribution in [1.29, 1.82) is 0 Å². The molecule has 40 heavy (non-hydrogen) atoms. The smallest absolute Gasteiger partial charge is 0.263 e. The lowest BCUT2D eigenvalue weighted by Crippen LogP contribution is -2.22. The normalized spacial score (nSPS) is 10.6. The number of nitrogens with zero attached hydrogens (tertiary/aromatic N) is 4. The van der Waals surface area contributed by atoms with Crippen LogP contribution in [0.2, 0.25) is 0 Å². The van der Waals surface area contributed by atoms with Crippen LogP contribution in [0.15, 0.2) is 90.4 Å².